The Morgan fingerprint density at radius 1 is 1.18 bits per heavy atom. The number of halogens is 2. The molecule has 0 unspecified atom stereocenters. The first-order valence-corrected chi connectivity index (χ1v) is 13.1. The van der Waals surface area contributed by atoms with E-state index in [1.807, 2.05) is 5.32 Å². The molecule has 0 aliphatic carbocycles. The Labute approximate surface area is 257 Å². The van der Waals surface area contributed by atoms with E-state index in [1.54, 1.807) is 0 Å². The van der Waals surface area contributed by atoms with Crippen LogP contribution in [0.3, 0.4) is 0 Å². The van der Waals surface area contributed by atoms with Gasteiger partial charge in [0.15, 0.2) is 0 Å². The summed E-state index contributed by atoms with van der Waals surface area (Å²) in [7, 11) is -4.98. The molecule has 206 valence electrons. The molecule has 8 nitrogen and oxygen atoms in total. The van der Waals surface area contributed by atoms with Crippen molar-refractivity contribution in [1.29, 1.82) is 0 Å². The first-order valence-electron chi connectivity index (χ1n) is 18.6. The molecule has 0 fully saturated rings. The van der Waals surface area contributed by atoms with Gasteiger partial charge in [-0.05, 0) is 66.1 Å². The van der Waals surface area contributed by atoms with Gasteiger partial charge in [0.2, 0.25) is 0 Å². The van der Waals surface area contributed by atoms with Crippen LogP contribution in [0, 0.1) is 5.82 Å². The third kappa shape index (κ3) is 7.15. The molecule has 0 atom stereocenters. The second-order valence-corrected chi connectivity index (χ2v) is 9.68. The van der Waals surface area contributed by atoms with Crippen molar-refractivity contribution in [3.8, 4) is 17.1 Å². The molecule has 3 aromatic carbocycles. The van der Waals surface area contributed by atoms with Gasteiger partial charge in [0.25, 0.3) is 0 Å². The lowest BCUT2D eigenvalue weighted by atomic mass is 10.1. The zero-order valence-electron chi connectivity index (χ0n) is 34.9. The lowest BCUT2D eigenvalue weighted by molar-refractivity contribution is 0.306. The highest BCUT2D eigenvalue weighted by molar-refractivity contribution is 7.90. The smallest absolute Gasteiger partial charge is 0.148 e. The van der Waals surface area contributed by atoms with Crippen molar-refractivity contribution in [2.75, 3.05) is 23.8 Å². The van der Waals surface area contributed by atoms with Gasteiger partial charge >= 0.3 is 0 Å². The van der Waals surface area contributed by atoms with E-state index < -0.39 is 111 Å². The lowest BCUT2D eigenvalue weighted by Gasteiger charge is -2.12. The number of ether oxygens (including phenoxy) is 1. The molecular weight excluding hydrogens is 555 g/mol. The number of nitrogens with zero attached hydrogens (tertiary/aromatic N) is 2. The Balaban J connectivity index is 1.46. The summed E-state index contributed by atoms with van der Waals surface area (Å²) in [5.74, 6) is -4.24. The summed E-state index contributed by atoms with van der Waals surface area (Å²) in [5, 5.41) is 4.13. The lowest BCUT2D eigenvalue weighted by Crippen LogP contribution is -2.21. The average molecular weight is 596 g/mol. The Morgan fingerprint density at radius 3 is 2.95 bits per heavy atom. The molecule has 2 aromatic heterocycles. The summed E-state index contributed by atoms with van der Waals surface area (Å²) >= 11 is 6.35. The summed E-state index contributed by atoms with van der Waals surface area (Å²) in [6.07, 6.45) is -2.40. The van der Waals surface area contributed by atoms with Crippen LogP contribution in [0.25, 0.3) is 22.2 Å². The van der Waals surface area contributed by atoms with Gasteiger partial charge in [0, 0.05) is 36.2 Å². The number of rotatable bonds is 11. The van der Waals surface area contributed by atoms with Crippen molar-refractivity contribution in [1.82, 2.24) is 15.3 Å². The van der Waals surface area contributed by atoms with Gasteiger partial charge < -0.3 is 19.8 Å². The Morgan fingerprint density at radius 2 is 2.08 bits per heavy atom. The highest BCUT2D eigenvalue weighted by atomic mass is 35.5. The van der Waals surface area contributed by atoms with Crippen molar-refractivity contribution < 1.29 is 42.5 Å². The first-order chi connectivity index (χ1) is 25.2. The molecule has 0 spiro atoms. The minimum atomic E-state index is -4.98. The third-order valence-corrected chi connectivity index (χ3v) is 5.73. The van der Waals surface area contributed by atoms with Gasteiger partial charge in [-0.1, -0.05) is 23.7 Å². The Bertz CT molecular complexity index is 2390. The maximum atomic E-state index is 14.2. The maximum absolute atomic E-state index is 14.2. The van der Waals surface area contributed by atoms with E-state index in [-0.39, 0.29) is 22.5 Å². The van der Waals surface area contributed by atoms with Crippen molar-refractivity contribution in [3.05, 3.63) is 101 Å². The molecule has 0 saturated carbocycles. The van der Waals surface area contributed by atoms with Gasteiger partial charge in [-0.15, -0.1) is 0 Å². The van der Waals surface area contributed by atoms with Crippen LogP contribution in [0.5, 0.6) is 5.75 Å². The van der Waals surface area contributed by atoms with Crippen LogP contribution in [-0.2, 0) is 22.9 Å². The van der Waals surface area contributed by atoms with Crippen molar-refractivity contribution in [3.63, 3.8) is 0 Å². The summed E-state index contributed by atoms with van der Waals surface area (Å²) in [6.45, 7) is -9.10. The Kier molecular flexibility index (Phi) is 4.39. The third-order valence-electron chi connectivity index (χ3n) is 4.94. The fourth-order valence-electron chi connectivity index (χ4n) is 3.24. The van der Waals surface area contributed by atoms with Crippen LogP contribution < -0.4 is 15.4 Å². The van der Waals surface area contributed by atoms with E-state index in [0.717, 1.165) is 12.4 Å². The monoisotopic (exact) mass is 595 g/mol. The molecule has 2 N–H and O–H groups in total. The van der Waals surface area contributed by atoms with E-state index in [1.165, 1.54) is 24.3 Å². The number of nitrogens with one attached hydrogen (secondary N) is 2. The predicted octanol–water partition coefficient (Wildman–Crippen LogP) is 6.14. The largest absolute Gasteiger partial charge is 0.487 e. The number of sulfone groups is 1. The van der Waals surface area contributed by atoms with Crippen LogP contribution >= 0.6 is 11.6 Å². The minimum absolute atomic E-state index is 0.0187. The average Bonchev–Trinajstić information content (AvgIpc) is 3.57. The summed E-state index contributed by atoms with van der Waals surface area (Å²) < 4.78 is 169. The quantitative estimate of drug-likeness (QED) is 0.188. The minimum Gasteiger partial charge on any atom is -0.487 e. The number of fused-ring (bicyclic) bond motifs is 1. The standard InChI is InChI=1S/C29H26ClFN4O4S/c1-40(36,37)12-11-32-16-23-7-10-27(39-23)20-5-8-26-24(14-20)29(34-18-33-26)35-22-6-9-28(25(30)15-22)38-17-19-3-2-4-21(31)13-19/h2-10,13-15,18,32H,11-12,16-17H2,1H3,(H,33,34,35)/i1D3,2D,3D,6D,9D,11D2,13D,15D,16D2,17D2. The van der Waals surface area contributed by atoms with Crippen LogP contribution in [0.4, 0.5) is 15.9 Å². The number of anilines is 2. The molecule has 5 aromatic rings. The van der Waals surface area contributed by atoms with E-state index in [0.29, 0.717) is 11.6 Å². The molecule has 0 bridgehead atoms. The van der Waals surface area contributed by atoms with Crippen LogP contribution in [-0.4, -0.2) is 36.8 Å². The molecule has 5 rings (SSSR count). The van der Waals surface area contributed by atoms with Crippen molar-refractivity contribution in [2.24, 2.45) is 0 Å². The van der Waals surface area contributed by atoms with Gasteiger partial charge in [0.05, 0.1) is 36.5 Å². The number of hydrogen-bond acceptors (Lipinski definition) is 8. The number of hydrogen-bond donors (Lipinski definition) is 2. The topological polar surface area (TPSA) is 106 Å². The summed E-state index contributed by atoms with van der Waals surface area (Å²) in [4.78, 5) is 8.32. The second kappa shape index (κ2) is 12.0. The van der Waals surface area contributed by atoms with Gasteiger partial charge in [0.1, 0.15) is 51.6 Å². The summed E-state index contributed by atoms with van der Waals surface area (Å²) in [6, 6.07) is 2.54. The van der Waals surface area contributed by atoms with Gasteiger partial charge in [-0.2, -0.15) is 0 Å². The number of furan rings is 1. The molecule has 0 saturated heterocycles. The zero-order valence-corrected chi connectivity index (χ0v) is 21.5. The second-order valence-electron chi connectivity index (χ2n) is 7.79. The van der Waals surface area contributed by atoms with Crippen LogP contribution in [0.15, 0.2) is 83.4 Å². The zero-order chi connectivity index (χ0) is 41.2. The highest BCUT2D eigenvalue weighted by Gasteiger charge is 2.11. The molecule has 40 heavy (non-hydrogen) atoms. The van der Waals surface area contributed by atoms with E-state index >= 15 is 0 Å². The SMILES string of the molecule is [2H]c1cc(F)c([2H])c(C([2H])([2H])Oc2c([2H])c([2H])c(Nc3ncnc4ccc(-c5ccc(C([2H])([2H])NC([2H])([2H])CS(=O)(=O)C([2H])([2H])[2H])o5)cc34)c([2H])c2Cl)c1[2H]. The summed E-state index contributed by atoms with van der Waals surface area (Å²) in [5.41, 5.74) is -0.795. The number of aromatic nitrogens is 2. The van der Waals surface area contributed by atoms with E-state index in [9.17, 15) is 12.8 Å². The van der Waals surface area contributed by atoms with Gasteiger partial charge in [-0.3, -0.25) is 0 Å². The molecule has 0 aliphatic heterocycles. The fraction of sp³-hybridized carbons (Fsp3) is 0.172. The highest BCUT2D eigenvalue weighted by Crippen LogP contribution is 2.32. The first kappa shape index (κ1) is 14.6. The number of benzene rings is 3. The fourth-order valence-corrected chi connectivity index (χ4v) is 3.68. The van der Waals surface area contributed by atoms with Gasteiger partial charge in [-0.25, -0.2) is 22.8 Å². The molecule has 0 radical (unpaired) electrons. The maximum Gasteiger partial charge on any atom is 0.148 e. The van der Waals surface area contributed by atoms with E-state index in [2.05, 4.69) is 15.3 Å². The van der Waals surface area contributed by atoms with Crippen LogP contribution in [0.1, 0.15) is 31.9 Å². The molecule has 11 heteroatoms. The van der Waals surface area contributed by atoms with Crippen molar-refractivity contribution in [2.45, 2.75) is 13.1 Å². The predicted molar refractivity (Wildman–Crippen MR) is 154 cm³/mol. The van der Waals surface area contributed by atoms with Crippen LogP contribution in [0.2, 0.25) is 5.02 Å². The molecule has 2 heterocycles. The van der Waals surface area contributed by atoms with E-state index in [4.69, 9.17) is 41.3 Å². The molecule has 0 amide bonds. The molecule has 0 aliphatic rings. The molecular formula is C29H26ClFN4O4S. The Hall–Kier alpha value is -3.99. The normalized spacial score (nSPS) is 18.4. The van der Waals surface area contributed by atoms with Crippen molar-refractivity contribution >= 4 is 43.8 Å².